The maximum absolute atomic E-state index is 12.4. The summed E-state index contributed by atoms with van der Waals surface area (Å²) in [5.41, 5.74) is 5.82. The van der Waals surface area contributed by atoms with Crippen molar-refractivity contribution in [3.8, 4) is 0 Å². The van der Waals surface area contributed by atoms with Gasteiger partial charge in [0, 0.05) is 22.7 Å². The number of thiazole rings is 1. The third-order valence-electron chi connectivity index (χ3n) is 3.59. The Morgan fingerprint density at radius 2 is 2.23 bits per heavy atom. The molecule has 120 valence electrons. The minimum Gasteiger partial charge on any atom is -0.385 e. The summed E-state index contributed by atoms with van der Waals surface area (Å²) in [6.45, 7) is 3.50. The van der Waals surface area contributed by atoms with Crippen LogP contribution in [0, 0.1) is 6.92 Å². The van der Waals surface area contributed by atoms with Crippen LogP contribution in [0.1, 0.15) is 32.9 Å². The smallest absolute Gasteiger partial charge is 0.251 e. The van der Waals surface area contributed by atoms with E-state index < -0.39 is 0 Å². The lowest BCUT2D eigenvalue weighted by Crippen LogP contribution is -2.25. The Morgan fingerprint density at radius 3 is 2.95 bits per heavy atom. The topological polar surface area (TPSA) is 54.0 Å². The molecule has 22 heavy (non-hydrogen) atoms. The molecule has 4 nitrogen and oxygen atoms in total. The van der Waals surface area contributed by atoms with E-state index in [0.29, 0.717) is 6.54 Å². The lowest BCUT2D eigenvalue weighted by atomic mass is 9.97. The number of nitrogens with one attached hydrogen (secondary N) is 2. The highest BCUT2D eigenvalue weighted by Gasteiger charge is 2.17. The average molecular weight is 360 g/mol. The first kappa shape index (κ1) is 18.7. The molecule has 2 heterocycles. The molecule has 1 aliphatic heterocycles. The standard InChI is InChI=1S/C15H17N3OS.2ClH/c1-10-14(20-9-18-10)8-17-15(19)12-4-2-6-13-11(12)5-3-7-16-13;;/h2,4,6,9,16H,3,5,7-8H2,1H3,(H,17,19);2*1H. The van der Waals surface area contributed by atoms with Gasteiger partial charge in [0.2, 0.25) is 0 Å². The second-order valence-corrected chi connectivity index (χ2v) is 5.84. The van der Waals surface area contributed by atoms with Crippen molar-refractivity contribution in [1.29, 1.82) is 0 Å². The van der Waals surface area contributed by atoms with E-state index in [1.165, 1.54) is 0 Å². The minimum atomic E-state index is -0.00153. The molecule has 0 aliphatic carbocycles. The number of hydrogen-bond donors (Lipinski definition) is 2. The van der Waals surface area contributed by atoms with Gasteiger partial charge >= 0.3 is 0 Å². The molecule has 0 unspecified atom stereocenters. The van der Waals surface area contributed by atoms with Crippen LogP contribution in [0.2, 0.25) is 0 Å². The summed E-state index contributed by atoms with van der Waals surface area (Å²) in [6.07, 6.45) is 2.04. The molecule has 0 saturated carbocycles. The Kier molecular flexibility index (Phi) is 7.13. The van der Waals surface area contributed by atoms with Gasteiger partial charge in [-0.3, -0.25) is 4.79 Å². The van der Waals surface area contributed by atoms with Gasteiger partial charge in [0.15, 0.2) is 0 Å². The largest absolute Gasteiger partial charge is 0.385 e. The number of amides is 1. The van der Waals surface area contributed by atoms with Crippen LogP contribution < -0.4 is 10.6 Å². The van der Waals surface area contributed by atoms with Crippen LogP contribution >= 0.6 is 36.2 Å². The number of aryl methyl sites for hydroxylation is 1. The van der Waals surface area contributed by atoms with E-state index in [1.807, 2.05) is 30.6 Å². The number of nitrogens with zero attached hydrogens (tertiary/aromatic N) is 1. The fraction of sp³-hybridized carbons (Fsp3) is 0.333. The molecule has 1 amide bonds. The number of rotatable bonds is 3. The Balaban J connectivity index is 0.00000121. The van der Waals surface area contributed by atoms with Crippen molar-refractivity contribution >= 4 is 47.7 Å². The molecule has 1 aliphatic rings. The van der Waals surface area contributed by atoms with Crippen molar-refractivity contribution in [3.63, 3.8) is 0 Å². The molecule has 0 atom stereocenters. The van der Waals surface area contributed by atoms with Gasteiger partial charge in [0.1, 0.15) is 0 Å². The van der Waals surface area contributed by atoms with Gasteiger partial charge in [0.05, 0.1) is 17.7 Å². The van der Waals surface area contributed by atoms with Gasteiger partial charge in [0.25, 0.3) is 5.91 Å². The van der Waals surface area contributed by atoms with Crippen molar-refractivity contribution in [1.82, 2.24) is 10.3 Å². The van der Waals surface area contributed by atoms with Crippen molar-refractivity contribution in [3.05, 3.63) is 45.4 Å². The van der Waals surface area contributed by atoms with Crippen LogP contribution in [-0.4, -0.2) is 17.4 Å². The lowest BCUT2D eigenvalue weighted by molar-refractivity contribution is 0.0950. The van der Waals surface area contributed by atoms with Crippen LogP contribution in [-0.2, 0) is 13.0 Å². The molecule has 7 heteroatoms. The van der Waals surface area contributed by atoms with Gasteiger partial charge in [-0.05, 0) is 37.5 Å². The zero-order valence-electron chi connectivity index (χ0n) is 12.2. The SMILES string of the molecule is Cc1ncsc1CNC(=O)c1cccc2c1CCCN2.Cl.Cl. The quantitative estimate of drug-likeness (QED) is 0.880. The monoisotopic (exact) mass is 359 g/mol. The second-order valence-electron chi connectivity index (χ2n) is 4.91. The fourth-order valence-corrected chi connectivity index (χ4v) is 3.19. The summed E-state index contributed by atoms with van der Waals surface area (Å²) in [6, 6.07) is 5.88. The molecule has 0 saturated heterocycles. The van der Waals surface area contributed by atoms with E-state index in [2.05, 4.69) is 15.6 Å². The molecule has 1 aromatic carbocycles. The van der Waals surface area contributed by atoms with E-state index >= 15 is 0 Å². The first-order chi connectivity index (χ1) is 9.75. The molecule has 0 bridgehead atoms. The van der Waals surface area contributed by atoms with Crippen molar-refractivity contribution in [2.75, 3.05) is 11.9 Å². The second kappa shape index (κ2) is 8.36. The van der Waals surface area contributed by atoms with E-state index in [9.17, 15) is 4.79 Å². The first-order valence-corrected chi connectivity index (χ1v) is 7.66. The third-order valence-corrected chi connectivity index (χ3v) is 4.53. The van der Waals surface area contributed by atoms with E-state index in [1.54, 1.807) is 11.3 Å². The lowest BCUT2D eigenvalue weighted by Gasteiger charge is -2.20. The van der Waals surface area contributed by atoms with Gasteiger partial charge in [-0.15, -0.1) is 36.2 Å². The number of carbonyl (C=O) groups is 1. The summed E-state index contributed by atoms with van der Waals surface area (Å²) in [5.74, 6) is -0.00153. The Hall–Kier alpha value is -1.30. The third kappa shape index (κ3) is 3.91. The summed E-state index contributed by atoms with van der Waals surface area (Å²) in [4.78, 5) is 17.7. The van der Waals surface area contributed by atoms with Crippen molar-refractivity contribution < 1.29 is 4.79 Å². The highest BCUT2D eigenvalue weighted by atomic mass is 35.5. The zero-order valence-corrected chi connectivity index (χ0v) is 14.7. The minimum absolute atomic E-state index is 0. The average Bonchev–Trinajstić information content (AvgIpc) is 2.89. The Bertz CT molecular complexity index is 645. The number of fused-ring (bicyclic) bond motifs is 1. The highest BCUT2D eigenvalue weighted by molar-refractivity contribution is 7.09. The molecule has 1 aromatic heterocycles. The summed E-state index contributed by atoms with van der Waals surface area (Å²) in [5, 5.41) is 6.34. The van der Waals surface area contributed by atoms with Crippen molar-refractivity contribution in [2.45, 2.75) is 26.3 Å². The summed E-state index contributed by atoms with van der Waals surface area (Å²) in [7, 11) is 0. The van der Waals surface area contributed by atoms with Crippen LogP contribution in [0.15, 0.2) is 23.7 Å². The number of aromatic nitrogens is 1. The molecule has 0 radical (unpaired) electrons. The predicted octanol–water partition coefficient (Wildman–Crippen LogP) is 3.58. The number of hydrogen-bond acceptors (Lipinski definition) is 4. The molecule has 0 fully saturated rings. The number of halogens is 2. The van der Waals surface area contributed by atoms with Gasteiger partial charge in [-0.25, -0.2) is 4.98 Å². The number of benzene rings is 1. The molecule has 2 N–H and O–H groups in total. The van der Waals surface area contributed by atoms with Gasteiger partial charge < -0.3 is 10.6 Å². The maximum atomic E-state index is 12.4. The van der Waals surface area contributed by atoms with E-state index in [4.69, 9.17) is 0 Å². The zero-order chi connectivity index (χ0) is 13.9. The summed E-state index contributed by atoms with van der Waals surface area (Å²) < 4.78 is 0. The normalized spacial score (nSPS) is 12.2. The van der Waals surface area contributed by atoms with Gasteiger partial charge in [-0.1, -0.05) is 6.07 Å². The predicted molar refractivity (Wildman–Crippen MR) is 95.8 cm³/mol. The molecule has 2 aromatic rings. The first-order valence-electron chi connectivity index (χ1n) is 6.78. The van der Waals surface area contributed by atoms with Crippen LogP contribution in [0.3, 0.4) is 0 Å². The maximum Gasteiger partial charge on any atom is 0.251 e. The van der Waals surface area contributed by atoms with E-state index in [0.717, 1.165) is 46.8 Å². The fourth-order valence-electron chi connectivity index (χ4n) is 2.47. The Morgan fingerprint density at radius 1 is 1.41 bits per heavy atom. The number of carbonyl (C=O) groups excluding carboxylic acids is 1. The van der Waals surface area contributed by atoms with Crippen LogP contribution in [0.25, 0.3) is 0 Å². The molecule has 3 rings (SSSR count). The van der Waals surface area contributed by atoms with E-state index in [-0.39, 0.29) is 30.7 Å². The Labute approximate surface area is 146 Å². The van der Waals surface area contributed by atoms with Crippen LogP contribution in [0.5, 0.6) is 0 Å². The molecular formula is C15H19Cl2N3OS. The summed E-state index contributed by atoms with van der Waals surface area (Å²) >= 11 is 1.58. The molecule has 0 spiro atoms. The van der Waals surface area contributed by atoms with Crippen LogP contribution in [0.4, 0.5) is 5.69 Å². The van der Waals surface area contributed by atoms with Gasteiger partial charge in [-0.2, -0.15) is 0 Å². The van der Waals surface area contributed by atoms with Crippen molar-refractivity contribution in [2.24, 2.45) is 0 Å². The number of anilines is 1. The molecular weight excluding hydrogens is 341 g/mol. The highest BCUT2D eigenvalue weighted by Crippen LogP contribution is 2.25.